The Morgan fingerprint density at radius 3 is 2.72 bits per heavy atom. The fourth-order valence-corrected chi connectivity index (χ4v) is 4.89. The highest BCUT2D eigenvalue weighted by Gasteiger charge is 2.37. The molecule has 0 aliphatic carbocycles. The molecule has 2 aliphatic heterocycles. The molecule has 6 rings (SSSR count). The van der Waals surface area contributed by atoms with Gasteiger partial charge in [-0.15, -0.1) is 0 Å². The lowest BCUT2D eigenvalue weighted by Crippen LogP contribution is -2.43. The van der Waals surface area contributed by atoms with Gasteiger partial charge in [-0.2, -0.15) is 18.3 Å². The first kappa shape index (κ1) is 22.7. The predicted molar refractivity (Wildman–Crippen MR) is 127 cm³/mol. The Balaban J connectivity index is 1.33. The molecule has 0 saturated carbocycles. The van der Waals surface area contributed by atoms with Crippen molar-refractivity contribution in [1.29, 1.82) is 0 Å². The highest BCUT2D eigenvalue weighted by molar-refractivity contribution is 6.02. The average molecular weight is 496 g/mol. The molecule has 1 fully saturated rings. The van der Waals surface area contributed by atoms with Crippen LogP contribution in [0, 0.1) is 0 Å². The molecule has 10 heteroatoms. The summed E-state index contributed by atoms with van der Waals surface area (Å²) < 4.78 is 52.1. The van der Waals surface area contributed by atoms with E-state index in [-0.39, 0.29) is 17.9 Å². The third-order valence-corrected chi connectivity index (χ3v) is 6.88. The van der Waals surface area contributed by atoms with E-state index in [1.54, 1.807) is 12.3 Å². The van der Waals surface area contributed by atoms with Crippen molar-refractivity contribution < 1.29 is 27.1 Å². The summed E-state index contributed by atoms with van der Waals surface area (Å²) in [6.45, 7) is 0.551. The van der Waals surface area contributed by atoms with Crippen molar-refractivity contribution in [1.82, 2.24) is 20.0 Å². The topological polar surface area (TPSA) is 72.5 Å². The van der Waals surface area contributed by atoms with Crippen molar-refractivity contribution in [3.63, 3.8) is 0 Å². The number of nitrogens with one attached hydrogen (secondary N) is 1. The molecular weight excluding hydrogens is 473 g/mol. The number of methoxy groups -OCH3 is 1. The van der Waals surface area contributed by atoms with Crippen LogP contribution in [0.5, 0.6) is 5.75 Å². The molecule has 186 valence electrons. The van der Waals surface area contributed by atoms with E-state index in [9.17, 15) is 18.0 Å². The zero-order valence-corrected chi connectivity index (χ0v) is 19.4. The van der Waals surface area contributed by atoms with Gasteiger partial charge in [-0.3, -0.25) is 9.48 Å². The summed E-state index contributed by atoms with van der Waals surface area (Å²) in [5.41, 5.74) is 5.13. The number of fused-ring (bicyclic) bond motifs is 2. The van der Waals surface area contributed by atoms with Gasteiger partial charge in [0.1, 0.15) is 17.9 Å². The summed E-state index contributed by atoms with van der Waals surface area (Å²) in [6, 6.07) is 9.86. The standard InChI is InChI=1S/C26H23F3N4O3/c1-35-23-8-17(6-16-4-5-32(14-26(27,28)29)25(34)24(16)23)21-13-36-22-7-15(2-3-20(21)22)18-9-31-33(12-18)19-10-30-11-19/h2-3,6-9,12-13,19,30H,4-5,10-11,14H2,1H3. The molecular formula is C26H23F3N4O3. The van der Waals surface area contributed by atoms with Crippen LogP contribution in [-0.4, -0.2) is 60.1 Å². The molecule has 0 radical (unpaired) electrons. The summed E-state index contributed by atoms with van der Waals surface area (Å²) in [5, 5.41) is 8.60. The smallest absolute Gasteiger partial charge is 0.406 e. The third kappa shape index (κ3) is 3.91. The second-order valence-corrected chi connectivity index (χ2v) is 9.19. The van der Waals surface area contributed by atoms with Crippen LogP contribution >= 0.6 is 0 Å². The van der Waals surface area contributed by atoms with E-state index >= 15 is 0 Å². The number of benzene rings is 2. The Hall–Kier alpha value is -3.79. The second kappa shape index (κ2) is 8.41. The first-order chi connectivity index (χ1) is 17.3. The third-order valence-electron chi connectivity index (χ3n) is 6.88. The molecule has 0 unspecified atom stereocenters. The highest BCUT2D eigenvalue weighted by Crippen LogP contribution is 2.39. The van der Waals surface area contributed by atoms with Gasteiger partial charge in [0.15, 0.2) is 0 Å². The number of ether oxygens (including phenoxy) is 1. The van der Waals surface area contributed by atoms with Crippen molar-refractivity contribution in [3.05, 3.63) is 60.1 Å². The first-order valence-corrected chi connectivity index (χ1v) is 11.6. The molecule has 4 aromatic rings. The van der Waals surface area contributed by atoms with Gasteiger partial charge in [0.05, 0.1) is 31.2 Å². The molecule has 1 amide bonds. The predicted octanol–water partition coefficient (Wildman–Crippen LogP) is 4.68. The van der Waals surface area contributed by atoms with E-state index in [1.165, 1.54) is 7.11 Å². The van der Waals surface area contributed by atoms with E-state index < -0.39 is 18.6 Å². The van der Waals surface area contributed by atoms with Crippen LogP contribution < -0.4 is 10.1 Å². The number of furan rings is 1. The Labute approximate surface area is 204 Å². The van der Waals surface area contributed by atoms with Gasteiger partial charge in [0.25, 0.3) is 5.91 Å². The summed E-state index contributed by atoms with van der Waals surface area (Å²) in [4.78, 5) is 13.7. The molecule has 1 saturated heterocycles. The first-order valence-electron chi connectivity index (χ1n) is 11.6. The van der Waals surface area contributed by atoms with Crippen molar-refractivity contribution >= 4 is 16.9 Å². The zero-order chi connectivity index (χ0) is 25.0. The lowest BCUT2D eigenvalue weighted by Gasteiger charge is -2.30. The lowest BCUT2D eigenvalue weighted by atomic mass is 9.92. The number of carbonyl (C=O) groups is 1. The van der Waals surface area contributed by atoms with Gasteiger partial charge in [0.2, 0.25) is 0 Å². The molecule has 2 aromatic heterocycles. The zero-order valence-electron chi connectivity index (χ0n) is 19.4. The number of hydrogen-bond donors (Lipinski definition) is 1. The summed E-state index contributed by atoms with van der Waals surface area (Å²) in [7, 11) is 1.41. The van der Waals surface area contributed by atoms with Crippen LogP contribution in [0.25, 0.3) is 33.2 Å². The molecule has 2 aromatic carbocycles. The van der Waals surface area contributed by atoms with Gasteiger partial charge in [-0.25, -0.2) is 0 Å². The SMILES string of the molecule is COc1cc(-c2coc3cc(-c4cnn(C5CNC5)c4)ccc23)cc2c1C(=O)N(CC(F)(F)F)CC2. The number of aromatic nitrogens is 2. The minimum atomic E-state index is -4.46. The normalized spacial score (nSPS) is 16.3. The van der Waals surface area contributed by atoms with E-state index in [4.69, 9.17) is 9.15 Å². The molecule has 7 nitrogen and oxygen atoms in total. The number of nitrogens with zero attached hydrogens (tertiary/aromatic N) is 3. The van der Waals surface area contributed by atoms with Crippen LogP contribution in [-0.2, 0) is 6.42 Å². The average Bonchev–Trinajstić information content (AvgIpc) is 3.45. The number of alkyl halides is 3. The van der Waals surface area contributed by atoms with Gasteiger partial charge < -0.3 is 19.4 Å². The number of carbonyl (C=O) groups excluding carboxylic acids is 1. The van der Waals surface area contributed by atoms with Crippen LogP contribution in [0.4, 0.5) is 13.2 Å². The fraction of sp³-hybridized carbons (Fsp3) is 0.308. The van der Waals surface area contributed by atoms with E-state index in [2.05, 4.69) is 10.4 Å². The van der Waals surface area contributed by atoms with Gasteiger partial charge in [-0.1, -0.05) is 6.07 Å². The van der Waals surface area contributed by atoms with Crippen LogP contribution in [0.3, 0.4) is 0 Å². The Bertz CT molecular complexity index is 1450. The summed E-state index contributed by atoms with van der Waals surface area (Å²) in [6.07, 6.45) is 1.38. The molecule has 1 N–H and O–H groups in total. The molecule has 36 heavy (non-hydrogen) atoms. The molecule has 0 spiro atoms. The molecule has 0 atom stereocenters. The Morgan fingerprint density at radius 1 is 1.17 bits per heavy atom. The van der Waals surface area contributed by atoms with Crippen LogP contribution in [0.1, 0.15) is 22.0 Å². The second-order valence-electron chi connectivity index (χ2n) is 9.19. The monoisotopic (exact) mass is 496 g/mol. The van der Waals surface area contributed by atoms with Crippen molar-refractivity contribution in [2.24, 2.45) is 0 Å². The largest absolute Gasteiger partial charge is 0.496 e. The van der Waals surface area contributed by atoms with Gasteiger partial charge >= 0.3 is 6.18 Å². The maximum Gasteiger partial charge on any atom is 0.406 e. The summed E-state index contributed by atoms with van der Waals surface area (Å²) >= 11 is 0. The Morgan fingerprint density at radius 2 is 2.00 bits per heavy atom. The number of rotatable bonds is 5. The molecule has 4 heterocycles. The molecule has 2 aliphatic rings. The minimum absolute atomic E-state index is 0.00194. The van der Waals surface area contributed by atoms with Gasteiger partial charge in [-0.05, 0) is 47.4 Å². The maximum absolute atomic E-state index is 12.9. The maximum atomic E-state index is 12.9. The van der Waals surface area contributed by atoms with E-state index in [0.717, 1.165) is 45.6 Å². The minimum Gasteiger partial charge on any atom is -0.496 e. The quantitative estimate of drug-likeness (QED) is 0.435. The summed E-state index contributed by atoms with van der Waals surface area (Å²) in [5.74, 6) is -0.417. The van der Waals surface area contributed by atoms with Crippen molar-refractivity contribution in [2.45, 2.75) is 18.6 Å². The van der Waals surface area contributed by atoms with Gasteiger partial charge in [0, 0.05) is 42.3 Å². The van der Waals surface area contributed by atoms with E-state index in [1.807, 2.05) is 41.3 Å². The van der Waals surface area contributed by atoms with Crippen molar-refractivity contribution in [2.75, 3.05) is 33.3 Å². The fourth-order valence-electron chi connectivity index (χ4n) is 4.89. The number of halogens is 3. The van der Waals surface area contributed by atoms with Crippen LogP contribution in [0.2, 0.25) is 0 Å². The Kier molecular flexibility index (Phi) is 5.29. The lowest BCUT2D eigenvalue weighted by molar-refractivity contribution is -0.141. The number of amides is 1. The van der Waals surface area contributed by atoms with Crippen molar-refractivity contribution in [3.8, 4) is 28.0 Å². The van der Waals surface area contributed by atoms with E-state index in [0.29, 0.717) is 23.6 Å². The van der Waals surface area contributed by atoms with Crippen LogP contribution in [0.15, 0.2) is 53.4 Å². The highest BCUT2D eigenvalue weighted by atomic mass is 19.4. The molecule has 0 bridgehead atoms. The number of hydrogen-bond acceptors (Lipinski definition) is 5.